The van der Waals surface area contributed by atoms with E-state index in [2.05, 4.69) is 15.5 Å². The molecule has 1 saturated heterocycles. The first kappa shape index (κ1) is 23.5. The van der Waals surface area contributed by atoms with Gasteiger partial charge in [-0.15, -0.1) is 10.2 Å². The SMILES string of the molecule is O=C(CSc1nnc(NC(=O)c2cccc(S(=O)(=O)N3CCOCC3)c2)s1)c1ccccc1. The molecule has 0 saturated carbocycles. The molecular formula is C21H20N4O5S3. The lowest BCUT2D eigenvalue weighted by Crippen LogP contribution is -2.40. The Morgan fingerprint density at radius 3 is 2.52 bits per heavy atom. The Labute approximate surface area is 199 Å². The number of nitrogens with zero attached hydrogens (tertiary/aromatic N) is 3. The van der Waals surface area contributed by atoms with Crippen LogP contribution in [-0.4, -0.2) is 66.7 Å². The maximum Gasteiger partial charge on any atom is 0.257 e. The van der Waals surface area contributed by atoms with Crippen molar-refractivity contribution in [3.05, 3.63) is 65.7 Å². The van der Waals surface area contributed by atoms with Crippen LogP contribution >= 0.6 is 23.1 Å². The highest BCUT2D eigenvalue weighted by Gasteiger charge is 2.27. The number of carbonyl (C=O) groups is 2. The zero-order valence-electron chi connectivity index (χ0n) is 17.3. The minimum atomic E-state index is -3.71. The van der Waals surface area contributed by atoms with Crippen molar-refractivity contribution in [1.82, 2.24) is 14.5 Å². The van der Waals surface area contributed by atoms with E-state index in [-0.39, 0.29) is 40.2 Å². The molecule has 0 radical (unpaired) electrons. The quantitative estimate of drug-likeness (QED) is 0.283. The van der Waals surface area contributed by atoms with Gasteiger partial charge in [0.05, 0.1) is 23.9 Å². The van der Waals surface area contributed by atoms with Gasteiger partial charge in [-0.1, -0.05) is 59.5 Å². The van der Waals surface area contributed by atoms with E-state index in [1.807, 2.05) is 6.07 Å². The summed E-state index contributed by atoms with van der Waals surface area (Å²) in [5.74, 6) is -0.324. The summed E-state index contributed by atoms with van der Waals surface area (Å²) in [7, 11) is -3.71. The molecule has 12 heteroatoms. The Morgan fingerprint density at radius 2 is 1.76 bits per heavy atom. The number of Topliss-reactive ketones (excluding diaryl/α,β-unsaturated/α-hetero) is 1. The molecule has 2 aromatic carbocycles. The van der Waals surface area contributed by atoms with Crippen molar-refractivity contribution >= 4 is 49.9 Å². The molecule has 1 aliphatic heterocycles. The molecule has 3 aromatic rings. The highest BCUT2D eigenvalue weighted by molar-refractivity contribution is 8.01. The molecule has 0 bridgehead atoms. The van der Waals surface area contributed by atoms with E-state index < -0.39 is 15.9 Å². The number of aromatic nitrogens is 2. The second-order valence-corrected chi connectivity index (χ2v) is 11.1. The van der Waals surface area contributed by atoms with Gasteiger partial charge in [0.15, 0.2) is 10.1 Å². The summed E-state index contributed by atoms with van der Waals surface area (Å²) < 4.78 is 32.8. The number of ether oxygens (including phenoxy) is 1. The predicted molar refractivity (Wildman–Crippen MR) is 125 cm³/mol. The Kier molecular flexibility index (Phi) is 7.50. The summed E-state index contributed by atoms with van der Waals surface area (Å²) in [4.78, 5) is 24.9. The second-order valence-electron chi connectivity index (χ2n) is 6.95. The summed E-state index contributed by atoms with van der Waals surface area (Å²) >= 11 is 2.38. The third-order valence-electron chi connectivity index (χ3n) is 4.75. The number of thioether (sulfide) groups is 1. The summed E-state index contributed by atoms with van der Waals surface area (Å²) in [6.45, 7) is 1.23. The molecule has 0 spiro atoms. The topological polar surface area (TPSA) is 119 Å². The number of anilines is 1. The zero-order chi connectivity index (χ0) is 23.3. The molecule has 0 unspecified atom stereocenters. The van der Waals surface area contributed by atoms with Gasteiger partial charge < -0.3 is 4.74 Å². The fraction of sp³-hybridized carbons (Fsp3) is 0.238. The van der Waals surface area contributed by atoms with Crippen LogP contribution < -0.4 is 5.32 Å². The number of sulfonamides is 1. The van der Waals surface area contributed by atoms with Gasteiger partial charge in [-0.05, 0) is 18.2 Å². The maximum absolute atomic E-state index is 12.8. The van der Waals surface area contributed by atoms with Crippen molar-refractivity contribution in [2.45, 2.75) is 9.24 Å². The predicted octanol–water partition coefficient (Wildman–Crippen LogP) is 2.79. The third kappa shape index (κ3) is 5.84. The average molecular weight is 505 g/mol. The van der Waals surface area contributed by atoms with E-state index >= 15 is 0 Å². The summed E-state index contributed by atoms with van der Waals surface area (Å²) in [6, 6.07) is 14.8. The van der Waals surface area contributed by atoms with Crippen LogP contribution in [0.2, 0.25) is 0 Å². The third-order valence-corrected chi connectivity index (χ3v) is 8.62. The lowest BCUT2D eigenvalue weighted by atomic mass is 10.2. The average Bonchev–Trinajstić information content (AvgIpc) is 3.31. The monoisotopic (exact) mass is 504 g/mol. The molecule has 1 N–H and O–H groups in total. The fourth-order valence-corrected chi connectivity index (χ4v) is 6.15. The van der Waals surface area contributed by atoms with Gasteiger partial charge in [0.1, 0.15) is 0 Å². The molecule has 2 heterocycles. The molecule has 9 nitrogen and oxygen atoms in total. The molecule has 1 aliphatic rings. The minimum Gasteiger partial charge on any atom is -0.379 e. The number of hydrogen-bond acceptors (Lipinski definition) is 9. The Hall–Kier alpha value is -2.64. The van der Waals surface area contributed by atoms with Crippen LogP contribution in [-0.2, 0) is 14.8 Å². The van der Waals surface area contributed by atoms with Crippen molar-refractivity contribution in [1.29, 1.82) is 0 Å². The van der Waals surface area contributed by atoms with Crippen LogP contribution in [0.5, 0.6) is 0 Å². The highest BCUT2D eigenvalue weighted by atomic mass is 32.2. The van der Waals surface area contributed by atoms with Gasteiger partial charge >= 0.3 is 0 Å². The van der Waals surface area contributed by atoms with Gasteiger partial charge in [0.25, 0.3) is 5.91 Å². The van der Waals surface area contributed by atoms with Gasteiger partial charge in [0, 0.05) is 24.2 Å². The molecule has 172 valence electrons. The van der Waals surface area contributed by atoms with Crippen molar-refractivity contribution in [2.24, 2.45) is 0 Å². The number of benzene rings is 2. The summed E-state index contributed by atoms with van der Waals surface area (Å²) in [6.07, 6.45) is 0. The highest BCUT2D eigenvalue weighted by Crippen LogP contribution is 2.27. The van der Waals surface area contributed by atoms with Crippen molar-refractivity contribution in [2.75, 3.05) is 37.4 Å². The smallest absolute Gasteiger partial charge is 0.257 e. The lowest BCUT2D eigenvalue weighted by molar-refractivity contribution is 0.0730. The van der Waals surface area contributed by atoms with Crippen LogP contribution in [0.15, 0.2) is 63.8 Å². The normalized spacial score (nSPS) is 14.7. The summed E-state index contributed by atoms with van der Waals surface area (Å²) in [5, 5.41) is 10.8. The minimum absolute atomic E-state index is 0.0281. The number of hydrogen-bond donors (Lipinski definition) is 1. The van der Waals surface area contributed by atoms with E-state index in [0.29, 0.717) is 23.1 Å². The zero-order valence-corrected chi connectivity index (χ0v) is 19.8. The van der Waals surface area contributed by atoms with Crippen LogP contribution in [0.4, 0.5) is 5.13 Å². The number of nitrogens with one attached hydrogen (secondary N) is 1. The second kappa shape index (κ2) is 10.5. The van der Waals surface area contributed by atoms with E-state index in [1.165, 1.54) is 40.3 Å². The van der Waals surface area contributed by atoms with Gasteiger partial charge in [0.2, 0.25) is 15.2 Å². The molecule has 4 rings (SSSR count). The number of rotatable bonds is 8. The molecular weight excluding hydrogens is 484 g/mol. The van der Waals surface area contributed by atoms with E-state index in [1.54, 1.807) is 24.3 Å². The van der Waals surface area contributed by atoms with Gasteiger partial charge in [-0.3, -0.25) is 14.9 Å². The molecule has 33 heavy (non-hydrogen) atoms. The van der Waals surface area contributed by atoms with E-state index in [4.69, 9.17) is 4.74 Å². The van der Waals surface area contributed by atoms with Gasteiger partial charge in [-0.2, -0.15) is 4.31 Å². The van der Waals surface area contributed by atoms with Crippen LogP contribution in [0.25, 0.3) is 0 Å². The molecule has 1 fully saturated rings. The number of ketones is 1. The molecule has 0 aliphatic carbocycles. The van der Waals surface area contributed by atoms with Crippen LogP contribution in [0.1, 0.15) is 20.7 Å². The first-order valence-corrected chi connectivity index (χ1v) is 13.2. The Morgan fingerprint density at radius 1 is 1.03 bits per heavy atom. The summed E-state index contributed by atoms with van der Waals surface area (Å²) in [5.41, 5.74) is 0.808. The van der Waals surface area contributed by atoms with Crippen molar-refractivity contribution < 1.29 is 22.7 Å². The standard InChI is InChI=1S/C21H20N4O5S3/c26-18(15-5-2-1-3-6-15)14-31-21-24-23-20(32-21)22-19(27)16-7-4-8-17(13-16)33(28,29)25-9-11-30-12-10-25/h1-8,13H,9-12,14H2,(H,22,23,27). The number of morpholine rings is 1. The van der Waals surface area contributed by atoms with Crippen LogP contribution in [0, 0.1) is 0 Å². The molecule has 1 amide bonds. The Bertz CT molecular complexity index is 1240. The van der Waals surface area contributed by atoms with Crippen molar-refractivity contribution in [3.8, 4) is 0 Å². The maximum atomic E-state index is 12.8. The lowest BCUT2D eigenvalue weighted by Gasteiger charge is -2.26. The largest absolute Gasteiger partial charge is 0.379 e. The first-order valence-electron chi connectivity index (χ1n) is 9.97. The number of carbonyl (C=O) groups excluding carboxylic acids is 2. The Balaban J connectivity index is 1.38. The van der Waals surface area contributed by atoms with E-state index in [0.717, 1.165) is 11.3 Å². The molecule has 1 aromatic heterocycles. The van der Waals surface area contributed by atoms with E-state index in [9.17, 15) is 18.0 Å². The first-order chi connectivity index (χ1) is 15.9. The van der Waals surface area contributed by atoms with Gasteiger partial charge in [-0.25, -0.2) is 8.42 Å². The molecule has 0 atom stereocenters. The van der Waals surface area contributed by atoms with Crippen LogP contribution in [0.3, 0.4) is 0 Å². The number of amides is 1. The fourth-order valence-electron chi connectivity index (χ4n) is 3.06. The van der Waals surface area contributed by atoms with Crippen molar-refractivity contribution in [3.63, 3.8) is 0 Å².